The zero-order chi connectivity index (χ0) is 16.0. The molecule has 1 aromatic carbocycles. The van der Waals surface area contributed by atoms with Crippen LogP contribution in [0, 0.1) is 11.6 Å². The predicted molar refractivity (Wildman–Crippen MR) is 66.3 cm³/mol. The molecule has 0 unspecified atom stereocenters. The second-order valence-corrected chi connectivity index (χ2v) is 3.93. The maximum absolute atomic E-state index is 13.5. The molecule has 1 rings (SSSR count). The summed E-state index contributed by atoms with van der Waals surface area (Å²) in [6, 6.07) is 1.66. The van der Waals surface area contributed by atoms with Gasteiger partial charge in [0.15, 0.2) is 11.6 Å². The fourth-order valence-corrected chi connectivity index (χ4v) is 1.50. The van der Waals surface area contributed by atoms with E-state index >= 15 is 0 Å². The van der Waals surface area contributed by atoms with Crippen LogP contribution in [0.15, 0.2) is 18.2 Å². The van der Waals surface area contributed by atoms with Crippen LogP contribution in [0.2, 0.25) is 0 Å². The first-order chi connectivity index (χ1) is 9.90. The van der Waals surface area contributed by atoms with Crippen molar-refractivity contribution in [2.45, 2.75) is 12.5 Å². The van der Waals surface area contributed by atoms with Crippen molar-refractivity contribution in [3.8, 4) is 0 Å². The van der Waals surface area contributed by atoms with Gasteiger partial charge in [-0.3, -0.25) is 9.59 Å². The Morgan fingerprint density at radius 2 is 1.86 bits per heavy atom. The number of halogens is 2. The number of hydrogen-bond acceptors (Lipinski definition) is 5. The molecule has 8 heteroatoms. The molecule has 21 heavy (non-hydrogen) atoms. The van der Waals surface area contributed by atoms with Gasteiger partial charge in [0.2, 0.25) is 0 Å². The molecule has 1 N–H and O–H groups in total. The molecule has 1 amide bonds. The zero-order valence-corrected chi connectivity index (χ0v) is 11.3. The Kier molecular flexibility index (Phi) is 5.77. The van der Waals surface area contributed by atoms with Crippen LogP contribution in [0.4, 0.5) is 8.78 Å². The van der Waals surface area contributed by atoms with Gasteiger partial charge in [0, 0.05) is 0 Å². The highest BCUT2D eigenvalue weighted by molar-refractivity contribution is 5.97. The van der Waals surface area contributed by atoms with E-state index in [0.29, 0.717) is 0 Å². The van der Waals surface area contributed by atoms with Crippen LogP contribution in [0.1, 0.15) is 16.8 Å². The SMILES string of the molecule is COC(=O)C[C@@H](NC(=O)c1cccc(F)c1F)C(=O)OC. The highest BCUT2D eigenvalue weighted by Crippen LogP contribution is 2.12. The number of carbonyl (C=O) groups excluding carboxylic acids is 3. The third-order valence-electron chi connectivity index (χ3n) is 2.59. The van der Waals surface area contributed by atoms with Crippen LogP contribution in [-0.2, 0) is 19.1 Å². The lowest BCUT2D eigenvalue weighted by molar-refractivity contribution is -0.149. The maximum Gasteiger partial charge on any atom is 0.328 e. The highest BCUT2D eigenvalue weighted by atomic mass is 19.2. The molecule has 0 saturated heterocycles. The Morgan fingerprint density at radius 1 is 1.19 bits per heavy atom. The Hall–Kier alpha value is -2.51. The van der Waals surface area contributed by atoms with E-state index in [1.54, 1.807) is 0 Å². The second-order valence-electron chi connectivity index (χ2n) is 3.93. The van der Waals surface area contributed by atoms with Crippen molar-refractivity contribution in [3.63, 3.8) is 0 Å². The molecule has 0 radical (unpaired) electrons. The molecule has 6 nitrogen and oxygen atoms in total. The summed E-state index contributed by atoms with van der Waals surface area (Å²) in [7, 11) is 2.16. The number of ether oxygens (including phenoxy) is 2. The van der Waals surface area contributed by atoms with E-state index in [9.17, 15) is 23.2 Å². The van der Waals surface area contributed by atoms with Crippen molar-refractivity contribution in [1.82, 2.24) is 5.32 Å². The van der Waals surface area contributed by atoms with Crippen LogP contribution in [0.25, 0.3) is 0 Å². The summed E-state index contributed by atoms with van der Waals surface area (Å²) < 4.78 is 35.3. The summed E-state index contributed by atoms with van der Waals surface area (Å²) in [5, 5.41) is 2.10. The third-order valence-corrected chi connectivity index (χ3v) is 2.59. The fourth-order valence-electron chi connectivity index (χ4n) is 1.50. The second kappa shape index (κ2) is 7.32. The average Bonchev–Trinajstić information content (AvgIpc) is 2.48. The van der Waals surface area contributed by atoms with Gasteiger partial charge in [-0.25, -0.2) is 13.6 Å². The Labute approximate surface area is 119 Å². The van der Waals surface area contributed by atoms with Gasteiger partial charge in [0.1, 0.15) is 6.04 Å². The number of benzene rings is 1. The molecule has 0 aliphatic rings. The lowest BCUT2D eigenvalue weighted by Crippen LogP contribution is -2.43. The molecule has 114 valence electrons. The van der Waals surface area contributed by atoms with E-state index in [1.807, 2.05) is 0 Å². The highest BCUT2D eigenvalue weighted by Gasteiger charge is 2.27. The van der Waals surface area contributed by atoms with Gasteiger partial charge >= 0.3 is 11.9 Å². The molecule has 0 aromatic heterocycles. The van der Waals surface area contributed by atoms with E-state index in [0.717, 1.165) is 32.4 Å². The molecule has 1 aromatic rings. The predicted octanol–water partition coefficient (Wildman–Crippen LogP) is 0.799. The lowest BCUT2D eigenvalue weighted by atomic mass is 10.1. The first kappa shape index (κ1) is 16.5. The Bertz CT molecular complexity index is 561. The van der Waals surface area contributed by atoms with Gasteiger partial charge in [0.25, 0.3) is 5.91 Å². The topological polar surface area (TPSA) is 81.7 Å². The number of hydrogen-bond donors (Lipinski definition) is 1. The van der Waals surface area contributed by atoms with Crippen LogP contribution < -0.4 is 5.32 Å². The number of esters is 2. The van der Waals surface area contributed by atoms with Crippen molar-refractivity contribution in [3.05, 3.63) is 35.4 Å². The lowest BCUT2D eigenvalue weighted by Gasteiger charge is -2.15. The minimum atomic E-state index is -1.36. The number of carbonyl (C=O) groups is 3. The molecular formula is C13H13F2NO5. The minimum absolute atomic E-state index is 0.494. The van der Waals surface area contributed by atoms with Crippen LogP contribution in [-0.4, -0.2) is 38.1 Å². The standard InChI is InChI=1S/C13H13F2NO5/c1-20-10(17)6-9(13(19)21-2)16-12(18)7-4-3-5-8(14)11(7)15/h3-5,9H,6H2,1-2H3,(H,16,18)/t9-/m1/s1. The summed E-state index contributed by atoms with van der Waals surface area (Å²) in [5.74, 6) is -5.29. The molecule has 1 atom stereocenters. The van der Waals surface area contributed by atoms with Gasteiger partial charge in [-0.15, -0.1) is 0 Å². The summed E-state index contributed by atoms with van der Waals surface area (Å²) in [4.78, 5) is 34.5. The van der Waals surface area contributed by atoms with E-state index in [4.69, 9.17) is 0 Å². The maximum atomic E-state index is 13.5. The molecule has 0 spiro atoms. The normalized spacial score (nSPS) is 11.4. The van der Waals surface area contributed by atoms with Crippen LogP contribution in [0.5, 0.6) is 0 Å². The van der Waals surface area contributed by atoms with Gasteiger partial charge in [-0.05, 0) is 12.1 Å². The number of methoxy groups -OCH3 is 2. The van der Waals surface area contributed by atoms with Gasteiger partial charge in [-0.1, -0.05) is 6.07 Å². The molecule has 0 heterocycles. The van der Waals surface area contributed by atoms with Crippen molar-refractivity contribution >= 4 is 17.8 Å². The van der Waals surface area contributed by atoms with Crippen LogP contribution >= 0.6 is 0 Å². The van der Waals surface area contributed by atoms with Crippen molar-refractivity contribution in [1.29, 1.82) is 0 Å². The van der Waals surface area contributed by atoms with E-state index < -0.39 is 47.5 Å². The summed E-state index contributed by atoms with van der Waals surface area (Å²) in [5.41, 5.74) is -0.589. The number of nitrogens with one attached hydrogen (secondary N) is 1. The first-order valence-corrected chi connectivity index (χ1v) is 5.80. The number of rotatable bonds is 5. The number of amides is 1. The monoisotopic (exact) mass is 301 g/mol. The molecular weight excluding hydrogens is 288 g/mol. The first-order valence-electron chi connectivity index (χ1n) is 5.80. The smallest absolute Gasteiger partial charge is 0.328 e. The van der Waals surface area contributed by atoms with Crippen molar-refractivity contribution in [2.24, 2.45) is 0 Å². The summed E-state index contributed by atoms with van der Waals surface area (Å²) in [6.45, 7) is 0. The average molecular weight is 301 g/mol. The van der Waals surface area contributed by atoms with E-state index in [2.05, 4.69) is 14.8 Å². The molecule has 0 bridgehead atoms. The Balaban J connectivity index is 2.92. The van der Waals surface area contributed by atoms with E-state index in [1.165, 1.54) is 0 Å². The zero-order valence-electron chi connectivity index (χ0n) is 11.3. The van der Waals surface area contributed by atoms with Gasteiger partial charge < -0.3 is 14.8 Å². The Morgan fingerprint density at radius 3 is 2.43 bits per heavy atom. The summed E-state index contributed by atoms with van der Waals surface area (Å²) in [6.07, 6.45) is -0.494. The third kappa shape index (κ3) is 4.23. The largest absolute Gasteiger partial charge is 0.469 e. The molecule has 0 fully saturated rings. The van der Waals surface area contributed by atoms with Crippen molar-refractivity contribution < 1.29 is 32.6 Å². The minimum Gasteiger partial charge on any atom is -0.469 e. The fraction of sp³-hybridized carbons (Fsp3) is 0.308. The van der Waals surface area contributed by atoms with Gasteiger partial charge in [-0.2, -0.15) is 0 Å². The molecule has 0 aliphatic heterocycles. The molecule has 0 saturated carbocycles. The molecule has 0 aliphatic carbocycles. The summed E-state index contributed by atoms with van der Waals surface area (Å²) >= 11 is 0. The van der Waals surface area contributed by atoms with E-state index in [-0.39, 0.29) is 0 Å². The van der Waals surface area contributed by atoms with Crippen LogP contribution in [0.3, 0.4) is 0 Å². The van der Waals surface area contributed by atoms with Crippen molar-refractivity contribution in [2.75, 3.05) is 14.2 Å². The van der Waals surface area contributed by atoms with Gasteiger partial charge in [0.05, 0.1) is 26.2 Å². The quantitative estimate of drug-likeness (QED) is 0.814.